The topological polar surface area (TPSA) is 17.1 Å². The quantitative estimate of drug-likeness (QED) is 0.743. The van der Waals surface area contributed by atoms with Gasteiger partial charge in [0.1, 0.15) is 5.78 Å². The second-order valence-corrected chi connectivity index (χ2v) is 5.91. The summed E-state index contributed by atoms with van der Waals surface area (Å²) >= 11 is 18.3. The molecule has 0 unspecified atom stereocenters. The Labute approximate surface area is 133 Å². The van der Waals surface area contributed by atoms with Gasteiger partial charge in [-0.3, -0.25) is 4.79 Å². The number of ketones is 1. The molecule has 0 N–H and O–H groups in total. The molecule has 0 aliphatic rings. The van der Waals surface area contributed by atoms with Crippen molar-refractivity contribution in [1.82, 2.24) is 0 Å². The van der Waals surface area contributed by atoms with Gasteiger partial charge in [-0.2, -0.15) is 0 Å². The highest BCUT2D eigenvalue weighted by Crippen LogP contribution is 2.26. The van der Waals surface area contributed by atoms with Gasteiger partial charge in [0, 0.05) is 27.9 Å². The van der Waals surface area contributed by atoms with Crippen molar-refractivity contribution in [2.45, 2.75) is 19.8 Å². The van der Waals surface area contributed by atoms with E-state index in [0.717, 1.165) is 11.1 Å². The molecular formula is C16H13Cl3O. The molecule has 2 aromatic carbocycles. The van der Waals surface area contributed by atoms with Crippen molar-refractivity contribution in [3.63, 3.8) is 0 Å². The molecule has 4 heteroatoms. The Morgan fingerprint density at radius 3 is 2.20 bits per heavy atom. The molecule has 0 spiro atoms. The zero-order valence-corrected chi connectivity index (χ0v) is 13.2. The number of rotatable bonds is 4. The van der Waals surface area contributed by atoms with Crippen molar-refractivity contribution in [2.24, 2.45) is 0 Å². The van der Waals surface area contributed by atoms with Crippen molar-refractivity contribution in [1.29, 1.82) is 0 Å². The van der Waals surface area contributed by atoms with Crippen molar-refractivity contribution in [3.8, 4) is 0 Å². The third-order valence-electron chi connectivity index (χ3n) is 3.03. The van der Waals surface area contributed by atoms with Crippen LogP contribution in [-0.4, -0.2) is 5.78 Å². The van der Waals surface area contributed by atoms with E-state index in [2.05, 4.69) is 0 Å². The highest BCUT2D eigenvalue weighted by molar-refractivity contribution is 6.36. The lowest BCUT2D eigenvalue weighted by Crippen LogP contribution is -2.08. The summed E-state index contributed by atoms with van der Waals surface area (Å²) in [7, 11) is 0. The fraction of sp³-hybridized carbons (Fsp3) is 0.188. The van der Waals surface area contributed by atoms with Crippen molar-refractivity contribution in [3.05, 3.63) is 68.2 Å². The first-order chi connectivity index (χ1) is 9.47. The molecule has 0 saturated carbocycles. The maximum Gasteiger partial charge on any atom is 0.141 e. The van der Waals surface area contributed by atoms with Gasteiger partial charge >= 0.3 is 0 Å². The molecule has 0 aromatic heterocycles. The maximum atomic E-state index is 12.1. The lowest BCUT2D eigenvalue weighted by atomic mass is 10.0. The molecule has 0 aliphatic heterocycles. The van der Waals surface area contributed by atoms with Crippen molar-refractivity contribution in [2.75, 3.05) is 0 Å². The number of hydrogen-bond acceptors (Lipinski definition) is 1. The summed E-state index contributed by atoms with van der Waals surface area (Å²) in [6.07, 6.45) is 0.489. The summed E-state index contributed by atoms with van der Waals surface area (Å²) in [6, 6.07) is 10.9. The third-order valence-corrected chi connectivity index (χ3v) is 4.09. The fourth-order valence-corrected chi connectivity index (χ4v) is 2.80. The first-order valence-electron chi connectivity index (χ1n) is 6.17. The van der Waals surface area contributed by atoms with E-state index < -0.39 is 0 Å². The smallest absolute Gasteiger partial charge is 0.141 e. The molecule has 2 aromatic rings. The van der Waals surface area contributed by atoms with Crippen LogP contribution in [0.2, 0.25) is 15.1 Å². The summed E-state index contributed by atoms with van der Waals surface area (Å²) in [6.45, 7) is 1.96. The first-order valence-corrected chi connectivity index (χ1v) is 7.30. The number of hydrogen-bond donors (Lipinski definition) is 0. The zero-order valence-electron chi connectivity index (χ0n) is 10.9. The Hall–Kier alpha value is -1.02. The van der Waals surface area contributed by atoms with Gasteiger partial charge in [0.25, 0.3) is 0 Å². The molecule has 1 nitrogen and oxygen atoms in total. The minimum atomic E-state index is 0.0331. The average molecular weight is 328 g/mol. The summed E-state index contributed by atoms with van der Waals surface area (Å²) in [5, 5.41) is 1.64. The van der Waals surface area contributed by atoms with Crippen LogP contribution in [-0.2, 0) is 17.6 Å². The minimum Gasteiger partial charge on any atom is -0.299 e. The minimum absolute atomic E-state index is 0.0331. The highest BCUT2D eigenvalue weighted by atomic mass is 35.5. The van der Waals surface area contributed by atoms with Crippen molar-refractivity contribution < 1.29 is 4.79 Å². The summed E-state index contributed by atoms with van der Waals surface area (Å²) in [5.74, 6) is 0.0331. The molecule has 0 radical (unpaired) electrons. The van der Waals surface area contributed by atoms with Gasteiger partial charge in [0.15, 0.2) is 0 Å². The van der Waals surface area contributed by atoms with E-state index in [1.165, 1.54) is 0 Å². The molecule has 2 rings (SSSR count). The molecule has 20 heavy (non-hydrogen) atoms. The first kappa shape index (κ1) is 15.4. The monoisotopic (exact) mass is 326 g/mol. The van der Waals surface area contributed by atoms with Crippen LogP contribution >= 0.6 is 34.8 Å². The van der Waals surface area contributed by atoms with Gasteiger partial charge in [0.05, 0.1) is 0 Å². The van der Waals surface area contributed by atoms with Gasteiger partial charge in [-0.15, -0.1) is 0 Å². The third kappa shape index (κ3) is 3.76. The Kier molecular flexibility index (Phi) is 5.09. The summed E-state index contributed by atoms with van der Waals surface area (Å²) in [4.78, 5) is 12.1. The molecule has 0 bridgehead atoms. The molecule has 0 heterocycles. The van der Waals surface area contributed by atoms with Crippen LogP contribution < -0.4 is 0 Å². The fourth-order valence-electron chi connectivity index (χ4n) is 1.97. The second-order valence-electron chi connectivity index (χ2n) is 4.69. The molecule has 0 saturated heterocycles. The van der Waals surface area contributed by atoms with E-state index >= 15 is 0 Å². The molecular weight excluding hydrogens is 315 g/mol. The van der Waals surface area contributed by atoms with Gasteiger partial charge in [-0.05, 0) is 41.8 Å². The number of aryl methyl sites for hydroxylation is 1. The molecule has 0 amide bonds. The molecule has 104 valence electrons. The maximum absolute atomic E-state index is 12.1. The molecule has 0 fully saturated rings. The highest BCUT2D eigenvalue weighted by Gasteiger charge is 2.12. The largest absolute Gasteiger partial charge is 0.299 e. The van der Waals surface area contributed by atoms with Crippen LogP contribution in [0.3, 0.4) is 0 Å². The summed E-state index contributed by atoms with van der Waals surface area (Å²) in [5.41, 5.74) is 2.56. The number of carbonyl (C=O) groups is 1. The lowest BCUT2D eigenvalue weighted by Gasteiger charge is -2.08. The number of benzene rings is 2. The van der Waals surface area contributed by atoms with E-state index in [4.69, 9.17) is 34.8 Å². The number of carbonyl (C=O) groups excluding carboxylic acids is 1. The normalized spacial score (nSPS) is 10.6. The van der Waals surface area contributed by atoms with Crippen LogP contribution in [0.15, 0.2) is 36.4 Å². The van der Waals surface area contributed by atoms with Gasteiger partial charge in [0.2, 0.25) is 0 Å². The Morgan fingerprint density at radius 2 is 1.60 bits per heavy atom. The summed E-state index contributed by atoms with van der Waals surface area (Å²) < 4.78 is 0. The van der Waals surface area contributed by atoms with E-state index in [1.807, 2.05) is 25.1 Å². The van der Waals surface area contributed by atoms with Crippen molar-refractivity contribution >= 4 is 40.6 Å². The van der Waals surface area contributed by atoms with E-state index in [9.17, 15) is 4.79 Å². The average Bonchev–Trinajstić information content (AvgIpc) is 2.37. The Balaban J connectivity index is 2.13. The van der Waals surface area contributed by atoms with Crippen LogP contribution in [0.25, 0.3) is 0 Å². The van der Waals surface area contributed by atoms with E-state index in [1.54, 1.807) is 18.2 Å². The van der Waals surface area contributed by atoms with E-state index in [0.29, 0.717) is 20.6 Å². The standard InChI is InChI=1S/C16H13Cl3O/c1-10-5-6-11(16(19)7-10)8-12(20)9-13-14(17)3-2-4-15(13)18/h2-7H,8-9H2,1H3. The lowest BCUT2D eigenvalue weighted by molar-refractivity contribution is -0.117. The number of halogens is 3. The molecule has 0 atom stereocenters. The van der Waals surface area contributed by atoms with Crippen LogP contribution in [0.4, 0.5) is 0 Å². The van der Waals surface area contributed by atoms with Crippen LogP contribution in [0.1, 0.15) is 16.7 Å². The van der Waals surface area contributed by atoms with Gasteiger partial charge in [-0.25, -0.2) is 0 Å². The van der Waals surface area contributed by atoms with Crippen LogP contribution in [0, 0.1) is 6.92 Å². The Bertz CT molecular complexity index is 630. The molecule has 0 aliphatic carbocycles. The van der Waals surface area contributed by atoms with Gasteiger partial charge < -0.3 is 0 Å². The predicted octanol–water partition coefficient (Wildman–Crippen LogP) is 5.31. The van der Waals surface area contributed by atoms with Gasteiger partial charge in [-0.1, -0.05) is 53.0 Å². The predicted molar refractivity (Wildman–Crippen MR) is 85.1 cm³/mol. The van der Waals surface area contributed by atoms with Crippen LogP contribution in [0.5, 0.6) is 0 Å². The number of Topliss-reactive ketones (excluding diaryl/α,β-unsaturated/α-hetero) is 1. The Morgan fingerprint density at radius 1 is 0.950 bits per heavy atom. The zero-order chi connectivity index (χ0) is 14.7. The SMILES string of the molecule is Cc1ccc(CC(=O)Cc2c(Cl)cccc2Cl)c(Cl)c1. The second kappa shape index (κ2) is 6.62. The van der Waals surface area contributed by atoms with E-state index in [-0.39, 0.29) is 18.6 Å².